The SMILES string of the molecule is CCNCc1cnc(Sc2nncs2)c(C)c1. The van der Waals surface area contributed by atoms with Gasteiger partial charge in [0.05, 0.1) is 0 Å². The molecule has 6 heteroatoms. The maximum atomic E-state index is 4.47. The molecule has 0 radical (unpaired) electrons. The highest BCUT2D eigenvalue weighted by atomic mass is 32.2. The Morgan fingerprint density at radius 3 is 3.00 bits per heavy atom. The summed E-state index contributed by atoms with van der Waals surface area (Å²) in [7, 11) is 0. The molecule has 0 aliphatic carbocycles. The number of nitrogens with one attached hydrogen (secondary N) is 1. The Morgan fingerprint density at radius 1 is 1.47 bits per heavy atom. The highest BCUT2D eigenvalue weighted by molar-refractivity contribution is 8.01. The number of hydrogen-bond acceptors (Lipinski definition) is 6. The number of aryl methyl sites for hydroxylation is 1. The van der Waals surface area contributed by atoms with Crippen LogP contribution in [-0.4, -0.2) is 21.7 Å². The number of rotatable bonds is 5. The van der Waals surface area contributed by atoms with E-state index in [0.717, 1.165) is 22.5 Å². The highest BCUT2D eigenvalue weighted by Crippen LogP contribution is 2.29. The largest absolute Gasteiger partial charge is 0.313 e. The average Bonchev–Trinajstić information content (AvgIpc) is 2.82. The average molecular weight is 266 g/mol. The van der Waals surface area contributed by atoms with E-state index in [0.29, 0.717) is 0 Å². The summed E-state index contributed by atoms with van der Waals surface area (Å²) in [6.45, 7) is 6.01. The van der Waals surface area contributed by atoms with Gasteiger partial charge in [0, 0.05) is 12.7 Å². The molecule has 0 saturated carbocycles. The molecule has 0 saturated heterocycles. The predicted octanol–water partition coefficient (Wildman–Crippen LogP) is 2.50. The van der Waals surface area contributed by atoms with Crippen LogP contribution in [0.25, 0.3) is 0 Å². The summed E-state index contributed by atoms with van der Waals surface area (Å²) in [5, 5.41) is 12.1. The van der Waals surface area contributed by atoms with Crippen LogP contribution < -0.4 is 5.32 Å². The molecule has 0 unspecified atom stereocenters. The maximum absolute atomic E-state index is 4.47. The van der Waals surface area contributed by atoms with Crippen LogP contribution in [-0.2, 0) is 6.54 Å². The molecule has 0 aliphatic heterocycles. The smallest absolute Gasteiger partial charge is 0.180 e. The third kappa shape index (κ3) is 3.49. The standard InChI is InChI=1S/C11H14N4S2/c1-3-12-5-9-4-8(2)10(13-6-9)17-11-15-14-7-16-11/h4,6-7,12H,3,5H2,1-2H3. The molecular weight excluding hydrogens is 252 g/mol. The van der Waals surface area contributed by atoms with Gasteiger partial charge in [-0.15, -0.1) is 10.2 Å². The molecule has 2 aromatic heterocycles. The number of pyridine rings is 1. The van der Waals surface area contributed by atoms with Crippen LogP contribution >= 0.6 is 23.1 Å². The summed E-state index contributed by atoms with van der Waals surface area (Å²) < 4.78 is 0.931. The van der Waals surface area contributed by atoms with E-state index in [1.807, 2.05) is 6.20 Å². The van der Waals surface area contributed by atoms with Gasteiger partial charge in [-0.05, 0) is 36.4 Å². The fourth-order valence-electron chi connectivity index (χ4n) is 1.38. The van der Waals surface area contributed by atoms with Crippen molar-refractivity contribution in [3.8, 4) is 0 Å². The second-order valence-corrected chi connectivity index (χ2v) is 5.62. The number of aromatic nitrogens is 3. The first-order chi connectivity index (χ1) is 8.29. The quantitative estimate of drug-likeness (QED) is 0.901. The second kappa shape index (κ2) is 6.09. The zero-order valence-electron chi connectivity index (χ0n) is 9.80. The summed E-state index contributed by atoms with van der Waals surface area (Å²) in [5.41, 5.74) is 4.13. The molecule has 0 aliphatic rings. The van der Waals surface area contributed by atoms with Crippen LogP contribution in [0.2, 0.25) is 0 Å². The van der Waals surface area contributed by atoms with Crippen molar-refractivity contribution in [1.82, 2.24) is 20.5 Å². The predicted molar refractivity (Wildman–Crippen MR) is 70.4 cm³/mol. The van der Waals surface area contributed by atoms with Gasteiger partial charge >= 0.3 is 0 Å². The monoisotopic (exact) mass is 266 g/mol. The van der Waals surface area contributed by atoms with Crippen molar-refractivity contribution in [3.05, 3.63) is 28.9 Å². The lowest BCUT2D eigenvalue weighted by atomic mass is 10.2. The molecule has 2 heterocycles. The Balaban J connectivity index is 2.09. The minimum atomic E-state index is 0.869. The van der Waals surface area contributed by atoms with E-state index in [4.69, 9.17) is 0 Å². The Morgan fingerprint density at radius 2 is 2.35 bits per heavy atom. The van der Waals surface area contributed by atoms with E-state index < -0.39 is 0 Å². The molecule has 1 N–H and O–H groups in total. The van der Waals surface area contributed by atoms with Crippen LogP contribution in [0.1, 0.15) is 18.1 Å². The lowest BCUT2D eigenvalue weighted by Gasteiger charge is -2.06. The van der Waals surface area contributed by atoms with Crippen molar-refractivity contribution in [2.45, 2.75) is 29.8 Å². The van der Waals surface area contributed by atoms with Gasteiger partial charge in [0.2, 0.25) is 0 Å². The fourth-order valence-corrected chi connectivity index (χ4v) is 2.80. The van der Waals surface area contributed by atoms with Crippen molar-refractivity contribution >= 4 is 23.1 Å². The fraction of sp³-hybridized carbons (Fsp3) is 0.364. The van der Waals surface area contributed by atoms with Crippen molar-refractivity contribution < 1.29 is 0 Å². The zero-order chi connectivity index (χ0) is 12.1. The molecule has 0 amide bonds. The molecule has 17 heavy (non-hydrogen) atoms. The molecule has 2 aromatic rings. The molecule has 0 spiro atoms. The van der Waals surface area contributed by atoms with Crippen molar-refractivity contribution in [3.63, 3.8) is 0 Å². The van der Waals surface area contributed by atoms with E-state index in [9.17, 15) is 0 Å². The Labute approximate surface area is 109 Å². The van der Waals surface area contributed by atoms with Crippen LogP contribution in [0.5, 0.6) is 0 Å². The van der Waals surface area contributed by atoms with Gasteiger partial charge < -0.3 is 5.32 Å². The molecule has 0 bridgehead atoms. The summed E-state index contributed by atoms with van der Waals surface area (Å²) >= 11 is 3.10. The minimum absolute atomic E-state index is 0.869. The number of hydrogen-bond donors (Lipinski definition) is 1. The molecular formula is C11H14N4S2. The molecule has 4 nitrogen and oxygen atoms in total. The molecule has 0 aromatic carbocycles. The van der Waals surface area contributed by atoms with Crippen LogP contribution in [0.15, 0.2) is 27.1 Å². The van der Waals surface area contributed by atoms with E-state index in [1.165, 1.54) is 22.5 Å². The summed E-state index contributed by atoms with van der Waals surface area (Å²) in [5.74, 6) is 0. The zero-order valence-corrected chi connectivity index (χ0v) is 11.4. The van der Waals surface area contributed by atoms with Crippen LogP contribution in [0.4, 0.5) is 0 Å². The van der Waals surface area contributed by atoms with Gasteiger partial charge in [-0.3, -0.25) is 0 Å². The van der Waals surface area contributed by atoms with Crippen molar-refractivity contribution in [2.24, 2.45) is 0 Å². The first kappa shape index (κ1) is 12.5. The summed E-state index contributed by atoms with van der Waals surface area (Å²) in [4.78, 5) is 4.47. The van der Waals surface area contributed by atoms with Gasteiger partial charge in [-0.2, -0.15) is 0 Å². The van der Waals surface area contributed by atoms with Gasteiger partial charge in [0.25, 0.3) is 0 Å². The van der Waals surface area contributed by atoms with E-state index in [1.54, 1.807) is 17.3 Å². The Hall–Kier alpha value is -0.980. The third-order valence-corrected chi connectivity index (χ3v) is 4.09. The first-order valence-corrected chi connectivity index (χ1v) is 7.09. The van der Waals surface area contributed by atoms with Gasteiger partial charge in [0.1, 0.15) is 10.5 Å². The Bertz CT molecular complexity index is 470. The third-order valence-electron chi connectivity index (χ3n) is 2.19. The minimum Gasteiger partial charge on any atom is -0.313 e. The highest BCUT2D eigenvalue weighted by Gasteiger charge is 2.06. The lowest BCUT2D eigenvalue weighted by Crippen LogP contribution is -2.12. The first-order valence-electron chi connectivity index (χ1n) is 5.40. The lowest BCUT2D eigenvalue weighted by molar-refractivity contribution is 0.721. The van der Waals surface area contributed by atoms with Crippen LogP contribution in [0.3, 0.4) is 0 Å². The van der Waals surface area contributed by atoms with Gasteiger partial charge in [-0.25, -0.2) is 4.98 Å². The van der Waals surface area contributed by atoms with Gasteiger partial charge in [-0.1, -0.05) is 24.3 Å². The van der Waals surface area contributed by atoms with E-state index in [2.05, 4.69) is 40.4 Å². The van der Waals surface area contributed by atoms with Crippen molar-refractivity contribution in [2.75, 3.05) is 6.54 Å². The van der Waals surface area contributed by atoms with E-state index >= 15 is 0 Å². The van der Waals surface area contributed by atoms with Crippen LogP contribution in [0, 0.1) is 6.92 Å². The molecule has 0 atom stereocenters. The topological polar surface area (TPSA) is 50.7 Å². The summed E-state index contributed by atoms with van der Waals surface area (Å²) in [6.07, 6.45) is 1.92. The normalized spacial score (nSPS) is 10.7. The molecule has 90 valence electrons. The summed E-state index contributed by atoms with van der Waals surface area (Å²) in [6, 6.07) is 2.17. The van der Waals surface area contributed by atoms with Crippen molar-refractivity contribution in [1.29, 1.82) is 0 Å². The molecule has 0 fully saturated rings. The maximum Gasteiger partial charge on any atom is 0.180 e. The molecule has 2 rings (SSSR count). The Kier molecular flexibility index (Phi) is 4.47. The number of nitrogens with zero attached hydrogens (tertiary/aromatic N) is 3. The second-order valence-electron chi connectivity index (χ2n) is 3.55. The van der Waals surface area contributed by atoms with E-state index in [-0.39, 0.29) is 0 Å². The van der Waals surface area contributed by atoms with Gasteiger partial charge in [0.15, 0.2) is 4.34 Å².